The quantitative estimate of drug-likeness (QED) is 0.462. The standard InChI is InChI=1S/C25H29FN8O2/c1-14-18(31-25(36)17-9-7-16(8-10-17)15-5-6-15)4-3-11-34(14)20-13-28-21(23(27)35)24(32-20)30-19-12-29-33(2)22(19)26/h7-10,12-15,18H,3-6,11H2,1-2H3,(H2,27,35)(H,30,32)(H,31,36)/t14-,18-/m1/s1. The zero-order chi connectivity index (χ0) is 25.4. The predicted octanol–water partition coefficient (Wildman–Crippen LogP) is 2.86. The summed E-state index contributed by atoms with van der Waals surface area (Å²) in [6.45, 7) is 2.70. The van der Waals surface area contributed by atoms with Crippen LogP contribution in [0.1, 0.15) is 64.9 Å². The normalized spacial score (nSPS) is 19.7. The maximum Gasteiger partial charge on any atom is 0.271 e. The number of halogens is 1. The van der Waals surface area contributed by atoms with Crippen molar-refractivity contribution in [1.82, 2.24) is 25.1 Å². The molecule has 1 saturated carbocycles. The first-order valence-electron chi connectivity index (χ1n) is 12.1. The smallest absolute Gasteiger partial charge is 0.271 e. The second kappa shape index (κ2) is 9.56. The van der Waals surface area contributed by atoms with E-state index in [2.05, 4.69) is 25.7 Å². The number of amides is 2. The van der Waals surface area contributed by atoms with Gasteiger partial charge in [-0.2, -0.15) is 9.49 Å². The Bertz CT molecular complexity index is 1290. The van der Waals surface area contributed by atoms with E-state index in [0.29, 0.717) is 23.8 Å². The molecule has 3 heterocycles. The van der Waals surface area contributed by atoms with Crippen LogP contribution >= 0.6 is 0 Å². The van der Waals surface area contributed by atoms with Gasteiger partial charge in [-0.3, -0.25) is 9.59 Å². The number of piperidine rings is 1. The van der Waals surface area contributed by atoms with Crippen molar-refractivity contribution in [2.24, 2.45) is 12.8 Å². The summed E-state index contributed by atoms with van der Waals surface area (Å²) in [5.41, 5.74) is 7.35. The molecular weight excluding hydrogens is 463 g/mol. The van der Waals surface area contributed by atoms with E-state index in [-0.39, 0.29) is 35.2 Å². The van der Waals surface area contributed by atoms with Crippen LogP contribution in [0.4, 0.5) is 21.7 Å². The van der Waals surface area contributed by atoms with Crippen molar-refractivity contribution in [2.75, 3.05) is 16.8 Å². The molecule has 10 nitrogen and oxygen atoms in total. The fourth-order valence-electron chi connectivity index (χ4n) is 4.65. The Morgan fingerprint density at radius 1 is 1.14 bits per heavy atom. The van der Waals surface area contributed by atoms with Gasteiger partial charge >= 0.3 is 0 Å². The van der Waals surface area contributed by atoms with E-state index in [9.17, 15) is 14.0 Å². The maximum atomic E-state index is 14.3. The third-order valence-electron chi connectivity index (χ3n) is 6.93. The highest BCUT2D eigenvalue weighted by atomic mass is 19.1. The number of carbonyl (C=O) groups is 2. The van der Waals surface area contributed by atoms with Crippen molar-refractivity contribution in [1.29, 1.82) is 0 Å². The van der Waals surface area contributed by atoms with Gasteiger partial charge in [-0.1, -0.05) is 12.1 Å². The monoisotopic (exact) mass is 492 g/mol. The molecule has 0 radical (unpaired) electrons. The fourth-order valence-corrected chi connectivity index (χ4v) is 4.65. The number of aromatic nitrogens is 4. The van der Waals surface area contributed by atoms with Gasteiger partial charge in [-0.05, 0) is 56.2 Å². The third kappa shape index (κ3) is 4.73. The van der Waals surface area contributed by atoms with E-state index in [1.54, 1.807) is 0 Å². The molecule has 0 spiro atoms. The second-order valence-corrected chi connectivity index (χ2v) is 9.44. The molecule has 2 amide bonds. The number of nitrogens with zero attached hydrogens (tertiary/aromatic N) is 5. The van der Waals surface area contributed by atoms with E-state index in [1.807, 2.05) is 36.1 Å². The van der Waals surface area contributed by atoms with Gasteiger partial charge in [0.2, 0.25) is 5.95 Å². The number of nitrogens with two attached hydrogens (primary N) is 1. The van der Waals surface area contributed by atoms with Gasteiger partial charge in [-0.15, -0.1) is 0 Å². The van der Waals surface area contributed by atoms with Crippen molar-refractivity contribution in [3.8, 4) is 0 Å². The highest BCUT2D eigenvalue weighted by molar-refractivity contribution is 5.96. The minimum Gasteiger partial charge on any atom is -0.364 e. The summed E-state index contributed by atoms with van der Waals surface area (Å²) in [5.74, 6) is -0.332. The molecule has 1 saturated heterocycles. The lowest BCUT2D eigenvalue weighted by atomic mass is 9.97. The van der Waals surface area contributed by atoms with E-state index in [1.165, 1.54) is 37.8 Å². The molecule has 2 atom stereocenters. The number of anilines is 3. The number of hydrogen-bond donors (Lipinski definition) is 3. The molecule has 0 bridgehead atoms. The van der Waals surface area contributed by atoms with Crippen LogP contribution in [-0.2, 0) is 7.05 Å². The fraction of sp³-hybridized carbons (Fsp3) is 0.400. The van der Waals surface area contributed by atoms with Crippen LogP contribution in [0.5, 0.6) is 0 Å². The van der Waals surface area contributed by atoms with Crippen LogP contribution in [0.15, 0.2) is 36.7 Å². The highest BCUT2D eigenvalue weighted by Crippen LogP contribution is 2.39. The van der Waals surface area contributed by atoms with Crippen molar-refractivity contribution < 1.29 is 14.0 Å². The van der Waals surface area contributed by atoms with Gasteiger partial charge in [0.1, 0.15) is 11.5 Å². The first-order chi connectivity index (χ1) is 17.3. The highest BCUT2D eigenvalue weighted by Gasteiger charge is 2.31. The summed E-state index contributed by atoms with van der Waals surface area (Å²) in [6.07, 6.45) is 6.86. The molecule has 5 rings (SSSR count). The molecule has 4 N–H and O–H groups in total. The number of primary amides is 1. The van der Waals surface area contributed by atoms with Crippen LogP contribution < -0.4 is 21.3 Å². The third-order valence-corrected chi connectivity index (χ3v) is 6.93. The van der Waals surface area contributed by atoms with Gasteiger partial charge in [0.15, 0.2) is 11.5 Å². The number of nitrogens with one attached hydrogen (secondary N) is 2. The van der Waals surface area contributed by atoms with E-state index in [0.717, 1.165) is 17.5 Å². The summed E-state index contributed by atoms with van der Waals surface area (Å²) in [7, 11) is 1.46. The predicted molar refractivity (Wildman–Crippen MR) is 133 cm³/mol. The Labute approximate surface area is 208 Å². The average Bonchev–Trinajstić information content (AvgIpc) is 3.68. The van der Waals surface area contributed by atoms with Crippen molar-refractivity contribution in [2.45, 2.75) is 50.6 Å². The Kier molecular flexibility index (Phi) is 6.29. The summed E-state index contributed by atoms with van der Waals surface area (Å²) >= 11 is 0. The molecule has 2 aliphatic rings. The molecule has 2 aromatic heterocycles. The van der Waals surface area contributed by atoms with E-state index in [4.69, 9.17) is 5.73 Å². The van der Waals surface area contributed by atoms with Crippen molar-refractivity contribution >= 4 is 29.1 Å². The largest absolute Gasteiger partial charge is 0.364 e. The number of hydrogen-bond acceptors (Lipinski definition) is 7. The van der Waals surface area contributed by atoms with E-state index < -0.39 is 11.9 Å². The first-order valence-corrected chi connectivity index (χ1v) is 12.1. The molecule has 1 aromatic carbocycles. The number of benzene rings is 1. The molecule has 36 heavy (non-hydrogen) atoms. The lowest BCUT2D eigenvalue weighted by Crippen LogP contribution is -2.54. The topological polar surface area (TPSA) is 131 Å². The number of carbonyl (C=O) groups excluding carboxylic acids is 2. The van der Waals surface area contributed by atoms with Gasteiger partial charge < -0.3 is 21.3 Å². The molecule has 11 heteroatoms. The number of rotatable bonds is 7. The molecular formula is C25H29FN8O2. The van der Waals surface area contributed by atoms with Gasteiger partial charge in [0, 0.05) is 31.2 Å². The first kappa shape index (κ1) is 23.7. The van der Waals surface area contributed by atoms with E-state index >= 15 is 0 Å². The molecule has 1 aliphatic carbocycles. The summed E-state index contributed by atoms with van der Waals surface area (Å²) in [4.78, 5) is 35.7. The SMILES string of the molecule is C[C@@H]1[C@H](NC(=O)c2ccc(C3CC3)cc2)CCCN1c1cnc(C(N)=O)c(Nc2cnn(C)c2F)n1. The molecule has 188 valence electrons. The zero-order valence-corrected chi connectivity index (χ0v) is 20.2. The maximum absolute atomic E-state index is 14.3. The zero-order valence-electron chi connectivity index (χ0n) is 20.2. The molecule has 3 aromatic rings. The Morgan fingerprint density at radius 2 is 1.89 bits per heavy atom. The number of aryl methyl sites for hydroxylation is 1. The van der Waals surface area contributed by atoms with Gasteiger partial charge in [-0.25, -0.2) is 14.6 Å². The van der Waals surface area contributed by atoms with Crippen molar-refractivity contribution in [3.05, 3.63) is 59.4 Å². The van der Waals surface area contributed by atoms with Gasteiger partial charge in [0.25, 0.3) is 11.8 Å². The van der Waals surface area contributed by atoms with Crippen LogP contribution in [0.25, 0.3) is 0 Å². The van der Waals surface area contributed by atoms with Crippen molar-refractivity contribution in [3.63, 3.8) is 0 Å². The minimum absolute atomic E-state index is 0.0426. The van der Waals surface area contributed by atoms with Crippen LogP contribution in [0.2, 0.25) is 0 Å². The molecule has 0 unspecified atom stereocenters. The summed E-state index contributed by atoms with van der Waals surface area (Å²) in [6, 6.07) is 7.65. The summed E-state index contributed by atoms with van der Waals surface area (Å²) in [5, 5.41) is 9.81. The average molecular weight is 493 g/mol. The second-order valence-electron chi connectivity index (χ2n) is 9.44. The minimum atomic E-state index is -0.787. The molecule has 1 aliphatic heterocycles. The lowest BCUT2D eigenvalue weighted by molar-refractivity contribution is 0.0923. The Balaban J connectivity index is 1.33. The summed E-state index contributed by atoms with van der Waals surface area (Å²) < 4.78 is 15.4. The van der Waals surface area contributed by atoms with Crippen LogP contribution in [-0.4, -0.2) is 50.2 Å². The molecule has 2 fully saturated rings. The lowest BCUT2D eigenvalue weighted by Gasteiger charge is -2.40. The Hall–Kier alpha value is -4.02. The van der Waals surface area contributed by atoms with Crippen LogP contribution in [0, 0.1) is 5.95 Å². The van der Waals surface area contributed by atoms with Crippen LogP contribution in [0.3, 0.4) is 0 Å². The Morgan fingerprint density at radius 3 is 2.53 bits per heavy atom. The van der Waals surface area contributed by atoms with Gasteiger partial charge in [0.05, 0.1) is 12.4 Å².